The largest absolute Gasteiger partial charge is 3.00 e. The topological polar surface area (TPSA) is 0 Å². The van der Waals surface area contributed by atoms with Crippen molar-refractivity contribution in [3.05, 3.63) is 0 Å². The average Bonchev–Trinajstić information content (AvgIpc) is 0. The van der Waals surface area contributed by atoms with Crippen molar-refractivity contribution >= 4 is 37.7 Å². The summed E-state index contributed by atoms with van der Waals surface area (Å²) in [6.45, 7) is 0. The number of hydrogen-bond donors (Lipinski definition) is 0. The molecule has 0 unspecified atom stereocenters. The van der Waals surface area contributed by atoms with Gasteiger partial charge in [-0.05, 0) is 0 Å². The Bertz CT molecular complexity index is 8.04. The first-order valence-electron chi connectivity index (χ1n) is 0. The van der Waals surface area contributed by atoms with E-state index in [2.05, 4.69) is 0 Å². The normalized spacial score (nSPS) is 0. The zero-order chi connectivity index (χ0) is 0. The van der Waals surface area contributed by atoms with Crippen LogP contribution in [0.3, 0.4) is 0 Å². The van der Waals surface area contributed by atoms with Gasteiger partial charge >= 0.3 is 78.1 Å². The first kappa shape index (κ1) is 125. The van der Waals surface area contributed by atoms with E-state index in [9.17, 15) is 0 Å². The predicted octanol–water partition coefficient (Wildman–Crippen LogP) is -15.4. The standard InChI is InChI=1S/Ca.5FH.Sm/h;5*1H;/q+2;;;;;;+3/p-5. The summed E-state index contributed by atoms with van der Waals surface area (Å²) in [6.07, 6.45) is 0. The minimum atomic E-state index is 0. The Balaban J connectivity index is 0. The zero-order valence-corrected chi connectivity index (χ0v) is 7.83. The fraction of sp³-hybridized carbons (Fsp3) is 0. The van der Waals surface area contributed by atoms with Gasteiger partial charge in [-0.3, -0.25) is 0 Å². The van der Waals surface area contributed by atoms with E-state index in [1.165, 1.54) is 0 Å². The van der Waals surface area contributed by atoms with Crippen LogP contribution in [0.15, 0.2) is 0 Å². The van der Waals surface area contributed by atoms with Gasteiger partial charge in [-0.1, -0.05) is 0 Å². The maximum atomic E-state index is 0. The van der Waals surface area contributed by atoms with Crippen LogP contribution in [0.1, 0.15) is 0 Å². The predicted molar refractivity (Wildman–Crippen MR) is 5.75 cm³/mol. The average molecular weight is 285 g/mol. The van der Waals surface area contributed by atoms with Crippen LogP contribution in [0, 0.1) is 40.4 Å². The van der Waals surface area contributed by atoms with Crippen molar-refractivity contribution in [1.29, 1.82) is 0 Å². The summed E-state index contributed by atoms with van der Waals surface area (Å²) in [5.41, 5.74) is 0. The van der Waals surface area contributed by atoms with E-state index in [1.54, 1.807) is 0 Å². The molecule has 0 spiro atoms. The molecule has 0 aliphatic heterocycles. The van der Waals surface area contributed by atoms with Gasteiger partial charge in [0.05, 0.1) is 0 Å². The second kappa shape index (κ2) is 85.8. The SMILES string of the molecule is [Ca+2].[F-].[F-].[F-].[F-].[F-].[Sm+3]. The fourth-order valence-electron chi connectivity index (χ4n) is 0. The summed E-state index contributed by atoms with van der Waals surface area (Å²) >= 11 is 0. The van der Waals surface area contributed by atoms with Crippen LogP contribution in [-0.4, -0.2) is 37.7 Å². The van der Waals surface area contributed by atoms with Gasteiger partial charge in [-0.2, -0.15) is 0 Å². The maximum absolute atomic E-state index is 0. The smallest absolute Gasteiger partial charge is 1.00 e. The van der Waals surface area contributed by atoms with Crippen molar-refractivity contribution in [3.63, 3.8) is 0 Å². The number of rotatable bonds is 0. The molecular weight excluding hydrogens is 285 g/mol. The maximum Gasteiger partial charge on any atom is 3.00 e. The van der Waals surface area contributed by atoms with Crippen LogP contribution in [0.4, 0.5) is 0 Å². The van der Waals surface area contributed by atoms with Crippen LogP contribution < -0.4 is 23.5 Å². The summed E-state index contributed by atoms with van der Waals surface area (Å²) in [5.74, 6) is 0. The van der Waals surface area contributed by atoms with Gasteiger partial charge in [-0.25, -0.2) is 0 Å². The van der Waals surface area contributed by atoms with Crippen LogP contribution >= 0.6 is 0 Å². The molecule has 7 heteroatoms. The Kier molecular flexibility index (Phi) is 1530. The summed E-state index contributed by atoms with van der Waals surface area (Å²) < 4.78 is 0. The molecule has 0 amide bonds. The summed E-state index contributed by atoms with van der Waals surface area (Å²) in [6, 6.07) is 0. The second-order valence-electron chi connectivity index (χ2n) is 0. The summed E-state index contributed by atoms with van der Waals surface area (Å²) in [4.78, 5) is 0. The summed E-state index contributed by atoms with van der Waals surface area (Å²) in [5, 5.41) is 0. The van der Waals surface area contributed by atoms with E-state index in [-0.39, 0.29) is 102 Å². The Morgan fingerprint density at radius 2 is 0.429 bits per heavy atom. The van der Waals surface area contributed by atoms with Gasteiger partial charge < -0.3 is 23.5 Å². The molecular formula is CaF5Sm. The third-order valence-electron chi connectivity index (χ3n) is 0. The third-order valence-corrected chi connectivity index (χ3v) is 0. The molecule has 0 saturated heterocycles. The van der Waals surface area contributed by atoms with E-state index in [4.69, 9.17) is 0 Å². The summed E-state index contributed by atoms with van der Waals surface area (Å²) in [7, 11) is 0. The van der Waals surface area contributed by atoms with Gasteiger partial charge in [-0.15, -0.1) is 0 Å². The molecule has 0 N–H and O–H groups in total. The molecule has 0 aromatic rings. The van der Waals surface area contributed by atoms with Crippen LogP contribution in [0.5, 0.6) is 0 Å². The van der Waals surface area contributed by atoms with Crippen molar-refractivity contribution in [2.45, 2.75) is 0 Å². The molecule has 0 saturated carbocycles. The molecule has 7 heavy (non-hydrogen) atoms. The molecule has 0 atom stereocenters. The van der Waals surface area contributed by atoms with Crippen molar-refractivity contribution in [2.24, 2.45) is 0 Å². The minimum absolute atomic E-state index is 0. The molecule has 0 aliphatic rings. The molecule has 0 aliphatic carbocycles. The number of halogens is 5. The molecule has 43 valence electrons. The van der Waals surface area contributed by atoms with Gasteiger partial charge in [0.1, 0.15) is 0 Å². The van der Waals surface area contributed by atoms with Crippen molar-refractivity contribution in [2.75, 3.05) is 0 Å². The minimum Gasteiger partial charge on any atom is -1.00 e. The van der Waals surface area contributed by atoms with Crippen LogP contribution in [-0.2, 0) is 0 Å². The molecule has 0 aromatic heterocycles. The van der Waals surface area contributed by atoms with E-state index < -0.39 is 0 Å². The molecule has 0 heterocycles. The van der Waals surface area contributed by atoms with Crippen LogP contribution in [0.2, 0.25) is 0 Å². The molecule has 0 fully saturated rings. The van der Waals surface area contributed by atoms with Crippen molar-refractivity contribution < 1.29 is 63.9 Å². The zero-order valence-electron chi connectivity index (χ0n) is 3.01. The third kappa shape index (κ3) is 63.7. The van der Waals surface area contributed by atoms with Crippen molar-refractivity contribution in [3.8, 4) is 0 Å². The molecule has 0 aromatic carbocycles. The van der Waals surface area contributed by atoms with Crippen LogP contribution in [0.25, 0.3) is 0 Å². The van der Waals surface area contributed by atoms with Gasteiger partial charge in [0.2, 0.25) is 0 Å². The fourth-order valence-corrected chi connectivity index (χ4v) is 0. The number of hydrogen-bond acceptors (Lipinski definition) is 0. The molecule has 1 radical (unpaired) electrons. The first-order chi connectivity index (χ1) is 0. The van der Waals surface area contributed by atoms with E-state index >= 15 is 0 Å². The van der Waals surface area contributed by atoms with Gasteiger partial charge in [0, 0.05) is 0 Å². The van der Waals surface area contributed by atoms with Gasteiger partial charge in [0.25, 0.3) is 0 Å². The van der Waals surface area contributed by atoms with E-state index in [1.807, 2.05) is 0 Å². The Morgan fingerprint density at radius 3 is 0.429 bits per heavy atom. The van der Waals surface area contributed by atoms with E-state index in [0.717, 1.165) is 0 Å². The Hall–Kier alpha value is 2.25. The Morgan fingerprint density at radius 1 is 0.429 bits per heavy atom. The monoisotopic (exact) mass is 287 g/mol. The molecule has 0 rings (SSSR count). The Labute approximate surface area is 99.7 Å². The molecule has 0 nitrogen and oxygen atoms in total. The quantitative estimate of drug-likeness (QED) is 0.306. The second-order valence-corrected chi connectivity index (χ2v) is 0. The molecule has 0 bridgehead atoms. The van der Waals surface area contributed by atoms with Crippen molar-refractivity contribution in [1.82, 2.24) is 0 Å². The first-order valence-corrected chi connectivity index (χ1v) is 0. The van der Waals surface area contributed by atoms with E-state index in [0.29, 0.717) is 0 Å². The van der Waals surface area contributed by atoms with Gasteiger partial charge in [0.15, 0.2) is 0 Å².